The Hall–Kier alpha value is -2.83. The molecule has 2 amide bonds. The minimum atomic E-state index is -0.832. The Morgan fingerprint density at radius 2 is 2.28 bits per heavy atom. The highest BCUT2D eigenvalue weighted by atomic mass is 16.3. The molecule has 0 bridgehead atoms. The highest BCUT2D eigenvalue weighted by molar-refractivity contribution is 5.87. The van der Waals surface area contributed by atoms with Gasteiger partial charge in [-0.1, -0.05) is 0 Å². The van der Waals surface area contributed by atoms with Gasteiger partial charge in [0.2, 0.25) is 5.43 Å². The Morgan fingerprint density at radius 3 is 3.00 bits per heavy atom. The maximum atomic E-state index is 11.9. The molecule has 4 N–H and O–H groups in total. The predicted octanol–water partition coefficient (Wildman–Crippen LogP) is 0.501. The van der Waals surface area contributed by atoms with Gasteiger partial charge in [0.25, 0.3) is 0 Å². The second-order valence-corrected chi connectivity index (χ2v) is 3.43. The lowest BCUT2D eigenvalue weighted by molar-refractivity contribution is 0.249. The molecule has 0 aliphatic rings. The van der Waals surface area contributed by atoms with Crippen LogP contribution < -0.4 is 16.6 Å². The van der Waals surface area contributed by atoms with E-state index in [-0.39, 0.29) is 22.3 Å². The number of benzene rings is 1. The fourth-order valence-electron chi connectivity index (χ4n) is 1.39. The number of urea groups is 1. The van der Waals surface area contributed by atoms with E-state index >= 15 is 0 Å². The van der Waals surface area contributed by atoms with E-state index in [1.54, 1.807) is 0 Å². The number of rotatable bonds is 2. The van der Waals surface area contributed by atoms with Crippen molar-refractivity contribution in [2.45, 2.75) is 0 Å². The van der Waals surface area contributed by atoms with E-state index in [1.165, 1.54) is 24.5 Å². The zero-order valence-corrected chi connectivity index (χ0v) is 9.08. The largest absolute Gasteiger partial charge is 0.508 e. The van der Waals surface area contributed by atoms with Gasteiger partial charge in [-0.2, -0.15) is 5.10 Å². The smallest absolute Gasteiger partial charge is 0.332 e. The Morgan fingerprint density at radius 1 is 1.50 bits per heavy atom. The SMILES string of the molecule is NC(=O)N/N=C\c1coc2cc(O)ccc2c1=O. The number of primary amides is 1. The standard InChI is InChI=1S/C11H9N3O4/c12-11(17)14-13-4-6-5-18-9-3-7(15)1-2-8(9)10(6)16/h1-5,15H,(H3,12,14,17)/b13-4-. The summed E-state index contributed by atoms with van der Waals surface area (Å²) in [6.45, 7) is 0. The molecule has 0 radical (unpaired) electrons. The van der Waals surface area contributed by atoms with Gasteiger partial charge in [-0.15, -0.1) is 0 Å². The second-order valence-electron chi connectivity index (χ2n) is 3.43. The molecule has 2 rings (SSSR count). The van der Waals surface area contributed by atoms with E-state index in [4.69, 9.17) is 10.2 Å². The number of nitrogens with one attached hydrogen (secondary N) is 1. The summed E-state index contributed by atoms with van der Waals surface area (Å²) in [7, 11) is 0. The van der Waals surface area contributed by atoms with Gasteiger partial charge in [0, 0.05) is 6.07 Å². The Balaban J connectivity index is 2.45. The summed E-state index contributed by atoms with van der Waals surface area (Å²) in [5, 5.41) is 13.0. The van der Waals surface area contributed by atoms with Crippen LogP contribution in [0.2, 0.25) is 0 Å². The maximum absolute atomic E-state index is 11.9. The average Bonchev–Trinajstić information content (AvgIpc) is 2.31. The molecule has 0 atom stereocenters. The molecule has 2 aromatic rings. The van der Waals surface area contributed by atoms with E-state index in [0.717, 1.165) is 6.21 Å². The van der Waals surface area contributed by atoms with Gasteiger partial charge in [0.15, 0.2) is 0 Å². The summed E-state index contributed by atoms with van der Waals surface area (Å²) in [6.07, 6.45) is 2.30. The Kier molecular flexibility index (Phi) is 2.96. The average molecular weight is 247 g/mol. The summed E-state index contributed by atoms with van der Waals surface area (Å²) < 4.78 is 5.17. The number of phenolic OH excluding ortho intramolecular Hbond substituents is 1. The number of amides is 2. The van der Waals surface area contributed by atoms with Crippen molar-refractivity contribution in [2.24, 2.45) is 10.8 Å². The molecule has 7 nitrogen and oxygen atoms in total. The molecule has 0 aliphatic heterocycles. The molecule has 92 valence electrons. The Labute approximate surface area is 101 Å². The number of hydrazone groups is 1. The predicted molar refractivity (Wildman–Crippen MR) is 64.5 cm³/mol. The van der Waals surface area contributed by atoms with Crippen molar-refractivity contribution >= 4 is 23.2 Å². The maximum Gasteiger partial charge on any atom is 0.332 e. The van der Waals surface area contributed by atoms with E-state index in [1.807, 2.05) is 5.43 Å². The molecule has 1 aromatic carbocycles. The lowest BCUT2D eigenvalue weighted by atomic mass is 10.2. The van der Waals surface area contributed by atoms with Crippen molar-refractivity contribution in [2.75, 3.05) is 0 Å². The number of nitrogens with two attached hydrogens (primary N) is 1. The van der Waals surface area contributed by atoms with Crippen LogP contribution in [0.5, 0.6) is 5.75 Å². The van der Waals surface area contributed by atoms with Crippen molar-refractivity contribution in [1.29, 1.82) is 0 Å². The van der Waals surface area contributed by atoms with Crippen LogP contribution in [0.25, 0.3) is 11.0 Å². The zero-order chi connectivity index (χ0) is 13.1. The van der Waals surface area contributed by atoms with Crippen LogP contribution in [-0.4, -0.2) is 17.4 Å². The van der Waals surface area contributed by atoms with Gasteiger partial charge < -0.3 is 15.3 Å². The summed E-state index contributed by atoms with van der Waals surface area (Å²) in [5.41, 5.74) is 6.87. The third kappa shape index (κ3) is 2.29. The van der Waals surface area contributed by atoms with Crippen molar-refractivity contribution in [3.8, 4) is 5.75 Å². The van der Waals surface area contributed by atoms with Crippen molar-refractivity contribution < 1.29 is 14.3 Å². The molecule has 1 aromatic heterocycles. The van der Waals surface area contributed by atoms with Crippen LogP contribution in [0.15, 0.2) is 38.8 Å². The molecular formula is C11H9N3O4. The molecule has 18 heavy (non-hydrogen) atoms. The number of hydrogen-bond donors (Lipinski definition) is 3. The number of fused-ring (bicyclic) bond motifs is 1. The summed E-state index contributed by atoms with van der Waals surface area (Å²) >= 11 is 0. The number of aromatic hydroxyl groups is 1. The first-order chi connectivity index (χ1) is 8.58. The molecule has 0 aliphatic carbocycles. The van der Waals surface area contributed by atoms with Crippen molar-refractivity contribution in [1.82, 2.24) is 5.43 Å². The highest BCUT2D eigenvalue weighted by Gasteiger charge is 2.05. The van der Waals surface area contributed by atoms with Gasteiger partial charge in [0.1, 0.15) is 17.6 Å². The van der Waals surface area contributed by atoms with Crippen LogP contribution in [0.3, 0.4) is 0 Å². The normalized spacial score (nSPS) is 10.9. The highest BCUT2D eigenvalue weighted by Crippen LogP contribution is 2.17. The van der Waals surface area contributed by atoms with E-state index in [2.05, 4.69) is 5.10 Å². The first-order valence-corrected chi connectivity index (χ1v) is 4.91. The molecule has 7 heteroatoms. The summed E-state index contributed by atoms with van der Waals surface area (Å²) in [5.74, 6) is 0.00228. The number of phenols is 1. The molecule has 0 saturated carbocycles. The Bertz CT molecular complexity index is 690. The molecule has 0 saturated heterocycles. The molecule has 0 unspecified atom stereocenters. The third-order valence-corrected chi connectivity index (χ3v) is 2.16. The number of carbonyl (C=O) groups is 1. The number of nitrogens with zero attached hydrogens (tertiary/aromatic N) is 1. The monoisotopic (exact) mass is 247 g/mol. The topological polar surface area (TPSA) is 118 Å². The fourth-order valence-corrected chi connectivity index (χ4v) is 1.39. The third-order valence-electron chi connectivity index (χ3n) is 2.16. The van der Waals surface area contributed by atoms with Crippen LogP contribution in [0.1, 0.15) is 5.56 Å². The minimum absolute atomic E-state index is 0.00228. The van der Waals surface area contributed by atoms with E-state index in [0.29, 0.717) is 5.39 Å². The minimum Gasteiger partial charge on any atom is -0.508 e. The lowest BCUT2D eigenvalue weighted by Gasteiger charge is -1.98. The molecule has 0 fully saturated rings. The van der Waals surface area contributed by atoms with E-state index < -0.39 is 6.03 Å². The zero-order valence-electron chi connectivity index (χ0n) is 9.08. The van der Waals surface area contributed by atoms with Crippen molar-refractivity contribution in [3.05, 3.63) is 40.2 Å². The first-order valence-electron chi connectivity index (χ1n) is 4.91. The van der Waals surface area contributed by atoms with Gasteiger partial charge in [-0.25, -0.2) is 10.2 Å². The van der Waals surface area contributed by atoms with Crippen LogP contribution >= 0.6 is 0 Å². The van der Waals surface area contributed by atoms with Gasteiger partial charge in [0.05, 0.1) is 17.2 Å². The summed E-state index contributed by atoms with van der Waals surface area (Å²) in [6, 6.07) is 3.32. The van der Waals surface area contributed by atoms with E-state index in [9.17, 15) is 14.7 Å². The van der Waals surface area contributed by atoms with Crippen LogP contribution in [0.4, 0.5) is 4.79 Å². The molecule has 0 spiro atoms. The lowest BCUT2D eigenvalue weighted by Crippen LogP contribution is -2.24. The van der Waals surface area contributed by atoms with Crippen LogP contribution in [-0.2, 0) is 0 Å². The van der Waals surface area contributed by atoms with Crippen molar-refractivity contribution in [3.63, 3.8) is 0 Å². The van der Waals surface area contributed by atoms with Gasteiger partial charge in [-0.05, 0) is 12.1 Å². The first kappa shape index (κ1) is 11.6. The van der Waals surface area contributed by atoms with Gasteiger partial charge in [-0.3, -0.25) is 4.79 Å². The van der Waals surface area contributed by atoms with Gasteiger partial charge >= 0.3 is 6.03 Å². The molecular weight excluding hydrogens is 238 g/mol. The quantitative estimate of drug-likeness (QED) is 0.529. The number of hydrogen-bond acceptors (Lipinski definition) is 5. The van der Waals surface area contributed by atoms with Crippen LogP contribution in [0, 0.1) is 0 Å². The summed E-state index contributed by atoms with van der Waals surface area (Å²) in [4.78, 5) is 22.3. The molecule has 1 heterocycles. The second kappa shape index (κ2) is 4.58. The fraction of sp³-hybridized carbons (Fsp3) is 0. The number of carbonyl (C=O) groups excluding carboxylic acids is 1.